The number of hydrogen-bond acceptors (Lipinski definition) is 4. The highest BCUT2D eigenvalue weighted by molar-refractivity contribution is 6.09. The van der Waals surface area contributed by atoms with E-state index in [1.807, 2.05) is 13.8 Å². The Morgan fingerprint density at radius 2 is 1.86 bits per heavy atom. The summed E-state index contributed by atoms with van der Waals surface area (Å²) < 4.78 is 0. The van der Waals surface area contributed by atoms with Crippen LogP contribution in [0, 0.1) is 22.7 Å². The van der Waals surface area contributed by atoms with E-state index in [0.29, 0.717) is 12.2 Å². The van der Waals surface area contributed by atoms with Crippen LogP contribution in [0.2, 0.25) is 0 Å². The molecular weight excluding hydrogens is 266 g/mol. The Bertz CT molecular complexity index is 688. The Balaban J connectivity index is 2.32. The van der Waals surface area contributed by atoms with Crippen LogP contribution < -0.4 is 4.90 Å². The van der Waals surface area contributed by atoms with Gasteiger partial charge in [0.25, 0.3) is 5.91 Å². The molecule has 0 fully saturated rings. The fourth-order valence-electron chi connectivity index (χ4n) is 2.18. The molecule has 1 heterocycles. The van der Waals surface area contributed by atoms with Gasteiger partial charge >= 0.3 is 0 Å². The molecule has 0 bridgehead atoms. The summed E-state index contributed by atoms with van der Waals surface area (Å²) in [6.45, 7) is 3.97. The quantitative estimate of drug-likeness (QED) is 0.902. The van der Waals surface area contributed by atoms with Crippen molar-refractivity contribution in [3.63, 3.8) is 0 Å². The molecule has 2 rings (SSSR count). The van der Waals surface area contributed by atoms with Crippen molar-refractivity contribution in [1.82, 2.24) is 0 Å². The van der Waals surface area contributed by atoms with Crippen molar-refractivity contribution >= 4 is 11.6 Å². The second-order valence-corrected chi connectivity index (χ2v) is 5.42. The predicted molar refractivity (Wildman–Crippen MR) is 77.3 cm³/mol. The molecule has 1 N–H and O–H groups in total. The highest BCUT2D eigenvalue weighted by Gasteiger charge is 2.28. The van der Waals surface area contributed by atoms with Gasteiger partial charge in [0.05, 0.1) is 11.5 Å². The van der Waals surface area contributed by atoms with Gasteiger partial charge in [-0.2, -0.15) is 10.5 Å². The Morgan fingerprint density at radius 1 is 1.24 bits per heavy atom. The van der Waals surface area contributed by atoms with E-state index in [2.05, 4.69) is 6.07 Å². The zero-order chi connectivity index (χ0) is 15.6. The van der Waals surface area contributed by atoms with Gasteiger partial charge in [-0.3, -0.25) is 4.79 Å². The average Bonchev–Trinajstić information content (AvgIpc) is 2.48. The summed E-state index contributed by atoms with van der Waals surface area (Å²) in [6.07, 6.45) is 0.264. The molecule has 0 saturated heterocycles. The first-order chi connectivity index (χ1) is 9.90. The fraction of sp³-hybridized carbons (Fsp3) is 0.312. The number of nitrogens with zero attached hydrogens (tertiary/aromatic N) is 3. The van der Waals surface area contributed by atoms with Crippen molar-refractivity contribution in [2.75, 3.05) is 11.4 Å². The number of nitriles is 2. The first kappa shape index (κ1) is 14.6. The van der Waals surface area contributed by atoms with Gasteiger partial charge in [0.15, 0.2) is 5.57 Å². The van der Waals surface area contributed by atoms with Gasteiger partial charge in [-0.15, -0.1) is 0 Å². The largest absolute Gasteiger partial charge is 0.511 e. The minimum atomic E-state index is -0.597. The first-order valence-electron chi connectivity index (χ1n) is 6.56. The zero-order valence-corrected chi connectivity index (χ0v) is 11.9. The molecule has 0 atom stereocenters. The minimum Gasteiger partial charge on any atom is -0.511 e. The van der Waals surface area contributed by atoms with Crippen LogP contribution in [0.1, 0.15) is 25.8 Å². The van der Waals surface area contributed by atoms with E-state index in [4.69, 9.17) is 10.5 Å². The molecule has 1 aromatic rings. The van der Waals surface area contributed by atoms with Crippen LogP contribution in [-0.2, 0) is 10.2 Å². The Morgan fingerprint density at radius 3 is 2.38 bits per heavy atom. The maximum atomic E-state index is 12.1. The Hall–Kier alpha value is -2.79. The van der Waals surface area contributed by atoms with Gasteiger partial charge in [0.2, 0.25) is 0 Å². The third-order valence-electron chi connectivity index (χ3n) is 3.61. The van der Waals surface area contributed by atoms with Crippen LogP contribution in [0.3, 0.4) is 0 Å². The normalized spacial score (nSPS) is 15.6. The number of benzene rings is 1. The number of aliphatic hydroxyl groups is 1. The highest BCUT2D eigenvalue weighted by atomic mass is 16.3. The van der Waals surface area contributed by atoms with E-state index in [0.717, 1.165) is 5.56 Å². The molecule has 0 unspecified atom stereocenters. The van der Waals surface area contributed by atoms with Crippen molar-refractivity contribution in [1.29, 1.82) is 10.5 Å². The summed E-state index contributed by atoms with van der Waals surface area (Å²) in [7, 11) is 0. The van der Waals surface area contributed by atoms with E-state index in [-0.39, 0.29) is 17.8 Å². The molecule has 0 spiro atoms. The summed E-state index contributed by atoms with van der Waals surface area (Å²) >= 11 is 0. The third kappa shape index (κ3) is 2.59. The van der Waals surface area contributed by atoms with Gasteiger partial charge < -0.3 is 10.0 Å². The van der Waals surface area contributed by atoms with Crippen molar-refractivity contribution in [2.45, 2.75) is 25.7 Å². The summed E-state index contributed by atoms with van der Waals surface area (Å²) in [5.74, 6) is -0.644. The van der Waals surface area contributed by atoms with Crippen LogP contribution >= 0.6 is 0 Å². The van der Waals surface area contributed by atoms with Gasteiger partial charge in [0.1, 0.15) is 11.8 Å². The number of anilines is 1. The lowest BCUT2D eigenvalue weighted by molar-refractivity contribution is -0.115. The molecule has 0 radical (unpaired) electrons. The molecule has 21 heavy (non-hydrogen) atoms. The lowest BCUT2D eigenvalue weighted by atomic mass is 9.86. The van der Waals surface area contributed by atoms with E-state index in [9.17, 15) is 9.90 Å². The molecule has 1 aromatic carbocycles. The lowest BCUT2D eigenvalue weighted by Gasteiger charge is -2.27. The second-order valence-electron chi connectivity index (χ2n) is 5.42. The SMILES string of the molecule is CC(C)(C#N)c1ccc(N2CCC(O)=C(C#N)C2=O)cc1. The maximum absolute atomic E-state index is 12.1. The molecule has 106 valence electrons. The molecule has 1 aliphatic rings. The molecule has 5 nitrogen and oxygen atoms in total. The van der Waals surface area contributed by atoms with Crippen molar-refractivity contribution in [3.8, 4) is 12.1 Å². The minimum absolute atomic E-state index is 0.152. The number of hydrogen-bond donors (Lipinski definition) is 1. The van der Waals surface area contributed by atoms with Crippen LogP contribution in [0.15, 0.2) is 35.6 Å². The predicted octanol–water partition coefficient (Wildman–Crippen LogP) is 2.56. The van der Waals surface area contributed by atoms with Crippen LogP contribution in [-0.4, -0.2) is 17.6 Å². The number of aliphatic hydroxyl groups excluding tert-OH is 1. The number of carbonyl (C=O) groups is 1. The van der Waals surface area contributed by atoms with E-state index >= 15 is 0 Å². The van der Waals surface area contributed by atoms with E-state index in [1.165, 1.54) is 4.90 Å². The van der Waals surface area contributed by atoms with Crippen molar-refractivity contribution in [2.24, 2.45) is 0 Å². The zero-order valence-electron chi connectivity index (χ0n) is 11.9. The summed E-state index contributed by atoms with van der Waals surface area (Å²) in [5.41, 5.74) is 0.706. The monoisotopic (exact) mass is 281 g/mol. The van der Waals surface area contributed by atoms with Gasteiger partial charge in [0, 0.05) is 18.7 Å². The van der Waals surface area contributed by atoms with Gasteiger partial charge in [-0.05, 0) is 31.5 Å². The average molecular weight is 281 g/mol. The van der Waals surface area contributed by atoms with Gasteiger partial charge in [-0.25, -0.2) is 0 Å². The molecular formula is C16H15N3O2. The molecule has 5 heteroatoms. The van der Waals surface area contributed by atoms with E-state index in [1.54, 1.807) is 30.3 Å². The Kier molecular flexibility index (Phi) is 3.69. The molecule has 1 amide bonds. The number of rotatable bonds is 2. The maximum Gasteiger partial charge on any atom is 0.272 e. The second kappa shape index (κ2) is 5.30. The first-order valence-corrected chi connectivity index (χ1v) is 6.56. The third-order valence-corrected chi connectivity index (χ3v) is 3.61. The summed E-state index contributed by atoms with van der Waals surface area (Å²) in [6, 6.07) is 11.1. The topological polar surface area (TPSA) is 88.1 Å². The number of carbonyl (C=O) groups excluding carboxylic acids is 1. The highest BCUT2D eigenvalue weighted by Crippen LogP contribution is 2.27. The van der Waals surface area contributed by atoms with Gasteiger partial charge in [-0.1, -0.05) is 12.1 Å². The van der Waals surface area contributed by atoms with Crippen LogP contribution in [0.4, 0.5) is 5.69 Å². The Labute approximate surface area is 123 Å². The molecule has 0 aromatic heterocycles. The van der Waals surface area contributed by atoms with Crippen LogP contribution in [0.5, 0.6) is 0 Å². The fourth-order valence-corrected chi connectivity index (χ4v) is 2.18. The van der Waals surface area contributed by atoms with E-state index < -0.39 is 11.3 Å². The molecule has 0 saturated carbocycles. The van der Waals surface area contributed by atoms with Crippen molar-refractivity contribution in [3.05, 3.63) is 41.2 Å². The summed E-state index contributed by atoms with van der Waals surface area (Å²) in [4.78, 5) is 13.6. The standard InChI is InChI=1S/C16H15N3O2/c1-16(2,10-18)11-3-5-12(6-4-11)19-8-7-14(20)13(9-17)15(19)21/h3-6,20H,7-8H2,1-2H3. The molecule has 1 aliphatic heterocycles. The number of amides is 1. The van der Waals surface area contributed by atoms with Crippen LogP contribution in [0.25, 0.3) is 0 Å². The smallest absolute Gasteiger partial charge is 0.272 e. The van der Waals surface area contributed by atoms with Crippen molar-refractivity contribution < 1.29 is 9.90 Å². The summed E-state index contributed by atoms with van der Waals surface area (Å²) in [5, 5.41) is 27.6. The lowest BCUT2D eigenvalue weighted by Crippen LogP contribution is -2.37. The molecule has 0 aliphatic carbocycles.